The summed E-state index contributed by atoms with van der Waals surface area (Å²) in [6.07, 6.45) is 4.32. The number of hydrogen-bond donors (Lipinski definition) is 1. The molecule has 2 heterocycles. The van der Waals surface area contributed by atoms with Crippen LogP contribution < -0.4 is 4.72 Å². The van der Waals surface area contributed by atoms with E-state index < -0.39 is 10.0 Å². The van der Waals surface area contributed by atoms with Crippen molar-refractivity contribution in [2.24, 2.45) is 0 Å². The summed E-state index contributed by atoms with van der Waals surface area (Å²) in [7, 11) is -3.40. The first-order valence-corrected chi connectivity index (χ1v) is 10.5. The fraction of sp³-hybridized carbons (Fsp3) is 0.294. The zero-order valence-corrected chi connectivity index (χ0v) is 15.4. The highest BCUT2D eigenvalue weighted by Gasteiger charge is 2.14. The van der Waals surface area contributed by atoms with Crippen LogP contribution >= 0.6 is 11.3 Å². The minimum atomic E-state index is -3.40. The first kappa shape index (κ1) is 17.8. The Morgan fingerprint density at radius 3 is 2.68 bits per heavy atom. The number of aromatic nitrogens is 2. The van der Waals surface area contributed by atoms with E-state index in [-0.39, 0.29) is 12.3 Å². The average Bonchev–Trinajstić information content (AvgIpc) is 3.30. The van der Waals surface area contributed by atoms with Gasteiger partial charge in [0.25, 0.3) is 0 Å². The summed E-state index contributed by atoms with van der Waals surface area (Å²) >= 11 is 1.51. The molecule has 0 atom stereocenters. The Kier molecular flexibility index (Phi) is 5.62. The number of rotatable bonds is 8. The van der Waals surface area contributed by atoms with Crippen molar-refractivity contribution >= 4 is 21.4 Å². The van der Waals surface area contributed by atoms with Crippen LogP contribution in [0.4, 0.5) is 0 Å². The SMILES string of the molecule is CCc1ccc(-c2scnc2CNS(=O)(=O)CCc2cnoc2)cc1. The fourth-order valence-corrected chi connectivity index (χ4v) is 4.20. The Balaban J connectivity index is 1.64. The zero-order chi connectivity index (χ0) is 17.7. The molecule has 2 aromatic heterocycles. The molecule has 0 saturated heterocycles. The normalized spacial score (nSPS) is 11.7. The smallest absolute Gasteiger partial charge is 0.212 e. The minimum absolute atomic E-state index is 0.0150. The Hall–Kier alpha value is -2.03. The van der Waals surface area contributed by atoms with Crippen LogP contribution in [0.25, 0.3) is 10.4 Å². The van der Waals surface area contributed by atoms with E-state index in [0.29, 0.717) is 6.42 Å². The summed E-state index contributed by atoms with van der Waals surface area (Å²) in [5.74, 6) is -0.0150. The van der Waals surface area contributed by atoms with Crippen molar-refractivity contribution in [1.82, 2.24) is 14.9 Å². The molecule has 0 aliphatic rings. The monoisotopic (exact) mass is 377 g/mol. The third kappa shape index (κ3) is 4.75. The second-order valence-corrected chi connectivity index (χ2v) is 8.38. The van der Waals surface area contributed by atoms with Crippen LogP contribution in [-0.2, 0) is 29.4 Å². The Morgan fingerprint density at radius 2 is 2.00 bits per heavy atom. The van der Waals surface area contributed by atoms with Crippen LogP contribution in [0.3, 0.4) is 0 Å². The standard InChI is InChI=1S/C17H19N3O3S2/c1-2-13-3-5-15(6-4-13)17-16(18-12-24-17)10-20-25(21,22)8-7-14-9-19-23-11-14/h3-6,9,11-12,20H,2,7-8,10H2,1H3. The van der Waals surface area contributed by atoms with Gasteiger partial charge in [-0.25, -0.2) is 18.1 Å². The van der Waals surface area contributed by atoms with Crippen LogP contribution in [0.5, 0.6) is 0 Å². The number of thiazole rings is 1. The van der Waals surface area contributed by atoms with Crippen molar-refractivity contribution in [2.75, 3.05) is 5.75 Å². The van der Waals surface area contributed by atoms with E-state index in [1.54, 1.807) is 5.51 Å². The zero-order valence-electron chi connectivity index (χ0n) is 13.8. The lowest BCUT2D eigenvalue weighted by atomic mass is 10.1. The molecule has 3 aromatic rings. The van der Waals surface area contributed by atoms with E-state index >= 15 is 0 Å². The van der Waals surface area contributed by atoms with E-state index in [1.165, 1.54) is 29.4 Å². The molecule has 0 aliphatic carbocycles. The molecule has 0 bridgehead atoms. The van der Waals surface area contributed by atoms with E-state index in [4.69, 9.17) is 4.52 Å². The lowest BCUT2D eigenvalue weighted by molar-refractivity contribution is 0.419. The first-order chi connectivity index (χ1) is 12.1. The van der Waals surface area contributed by atoms with Crippen molar-refractivity contribution < 1.29 is 12.9 Å². The lowest BCUT2D eigenvalue weighted by Gasteiger charge is -2.07. The molecular weight excluding hydrogens is 358 g/mol. The molecular formula is C17H19N3O3S2. The fourth-order valence-electron chi connectivity index (χ4n) is 2.37. The largest absolute Gasteiger partial charge is 0.364 e. The molecule has 8 heteroatoms. The first-order valence-electron chi connectivity index (χ1n) is 7.94. The van der Waals surface area contributed by atoms with Gasteiger partial charge >= 0.3 is 0 Å². The highest BCUT2D eigenvalue weighted by atomic mass is 32.2. The van der Waals surface area contributed by atoms with E-state index in [9.17, 15) is 8.42 Å². The van der Waals surface area contributed by atoms with Crippen LogP contribution in [0.15, 0.2) is 46.8 Å². The van der Waals surface area contributed by atoms with Crippen molar-refractivity contribution in [3.8, 4) is 10.4 Å². The molecule has 0 spiro atoms. The molecule has 0 unspecified atom stereocenters. The third-order valence-corrected chi connectivity index (χ3v) is 6.11. The predicted octanol–water partition coefficient (Wildman–Crippen LogP) is 3.02. The number of aryl methyl sites for hydroxylation is 2. The molecule has 0 saturated carbocycles. The van der Waals surface area contributed by atoms with Gasteiger partial charge in [0, 0.05) is 5.56 Å². The lowest BCUT2D eigenvalue weighted by Crippen LogP contribution is -2.27. The Bertz CT molecular complexity index is 901. The molecule has 3 rings (SSSR count). The van der Waals surface area contributed by atoms with E-state index in [1.807, 2.05) is 0 Å². The van der Waals surface area contributed by atoms with E-state index in [2.05, 4.69) is 46.1 Å². The van der Waals surface area contributed by atoms with Gasteiger partial charge in [-0.05, 0) is 24.0 Å². The molecule has 0 aliphatic heterocycles. The summed E-state index contributed by atoms with van der Waals surface area (Å²) in [6, 6.07) is 8.27. The molecule has 0 radical (unpaired) electrons. The molecule has 132 valence electrons. The maximum atomic E-state index is 12.2. The van der Waals surface area contributed by atoms with E-state index in [0.717, 1.165) is 28.1 Å². The van der Waals surface area contributed by atoms with Crippen molar-refractivity contribution in [3.05, 3.63) is 59.1 Å². The summed E-state index contributed by atoms with van der Waals surface area (Å²) in [6.45, 7) is 2.29. The van der Waals surface area contributed by atoms with Crippen LogP contribution in [0, 0.1) is 0 Å². The van der Waals surface area contributed by atoms with Crippen molar-refractivity contribution in [2.45, 2.75) is 26.3 Å². The molecule has 25 heavy (non-hydrogen) atoms. The van der Waals surface area contributed by atoms with Gasteiger partial charge < -0.3 is 4.52 Å². The van der Waals surface area contributed by atoms with Gasteiger partial charge in [-0.2, -0.15) is 0 Å². The summed E-state index contributed by atoms with van der Waals surface area (Å²) in [5, 5.41) is 3.57. The summed E-state index contributed by atoms with van der Waals surface area (Å²) < 4.78 is 31.7. The van der Waals surface area contributed by atoms with Gasteiger partial charge in [0.1, 0.15) is 6.26 Å². The predicted molar refractivity (Wildman–Crippen MR) is 97.8 cm³/mol. The topological polar surface area (TPSA) is 85.1 Å². The highest BCUT2D eigenvalue weighted by Crippen LogP contribution is 2.28. The number of nitrogens with one attached hydrogen (secondary N) is 1. The van der Waals surface area contributed by atoms with Crippen LogP contribution in [-0.4, -0.2) is 24.3 Å². The Labute approximate surface area is 151 Å². The van der Waals surface area contributed by atoms with Crippen LogP contribution in [0.2, 0.25) is 0 Å². The average molecular weight is 377 g/mol. The maximum absolute atomic E-state index is 12.2. The minimum Gasteiger partial charge on any atom is -0.364 e. The van der Waals surface area contributed by atoms with Crippen molar-refractivity contribution in [1.29, 1.82) is 0 Å². The highest BCUT2D eigenvalue weighted by molar-refractivity contribution is 7.89. The summed E-state index contributed by atoms with van der Waals surface area (Å²) in [5.41, 5.74) is 5.56. The van der Waals surface area contributed by atoms with Gasteiger partial charge in [-0.1, -0.05) is 36.3 Å². The van der Waals surface area contributed by atoms with Gasteiger partial charge in [0.2, 0.25) is 10.0 Å². The second kappa shape index (κ2) is 7.90. The van der Waals surface area contributed by atoms with Crippen LogP contribution in [0.1, 0.15) is 23.7 Å². The van der Waals surface area contributed by atoms with Gasteiger partial charge in [-0.15, -0.1) is 11.3 Å². The van der Waals surface area contributed by atoms with Gasteiger partial charge in [0.15, 0.2) is 0 Å². The molecule has 1 aromatic carbocycles. The van der Waals surface area contributed by atoms with Gasteiger partial charge in [-0.3, -0.25) is 0 Å². The Morgan fingerprint density at radius 1 is 1.20 bits per heavy atom. The number of hydrogen-bond acceptors (Lipinski definition) is 6. The number of sulfonamides is 1. The third-order valence-electron chi connectivity index (χ3n) is 3.87. The number of benzene rings is 1. The molecule has 1 N–H and O–H groups in total. The quantitative estimate of drug-likeness (QED) is 0.652. The number of nitrogens with zero attached hydrogens (tertiary/aromatic N) is 2. The summed E-state index contributed by atoms with van der Waals surface area (Å²) in [4.78, 5) is 5.30. The second-order valence-electron chi connectivity index (χ2n) is 5.60. The molecule has 6 nitrogen and oxygen atoms in total. The molecule has 0 fully saturated rings. The van der Waals surface area contributed by atoms with Gasteiger partial charge in [0.05, 0.1) is 34.6 Å². The van der Waals surface area contributed by atoms with Crippen molar-refractivity contribution in [3.63, 3.8) is 0 Å². The molecule has 0 amide bonds. The maximum Gasteiger partial charge on any atom is 0.212 e.